The predicted molar refractivity (Wildman–Crippen MR) is 126 cm³/mol. The van der Waals surface area contributed by atoms with Crippen molar-refractivity contribution < 1.29 is 14.3 Å². The zero-order chi connectivity index (χ0) is 23.4. The van der Waals surface area contributed by atoms with Crippen LogP contribution >= 0.6 is 0 Å². The Balaban J connectivity index is 1.52. The van der Waals surface area contributed by atoms with Crippen molar-refractivity contribution in [3.8, 4) is 0 Å². The molecule has 0 N–H and O–H groups in total. The topological polar surface area (TPSA) is 78.9 Å². The van der Waals surface area contributed by atoms with Crippen molar-refractivity contribution in [1.29, 1.82) is 0 Å². The van der Waals surface area contributed by atoms with E-state index in [1.54, 1.807) is 15.9 Å². The van der Waals surface area contributed by atoms with Crippen LogP contribution in [-0.2, 0) is 16.0 Å². The van der Waals surface area contributed by atoms with Gasteiger partial charge in [-0.3, -0.25) is 9.59 Å². The van der Waals surface area contributed by atoms with Crippen LogP contribution in [0.5, 0.6) is 0 Å². The molecule has 3 heterocycles. The van der Waals surface area contributed by atoms with Gasteiger partial charge in [-0.1, -0.05) is 42.5 Å². The highest BCUT2D eigenvalue weighted by molar-refractivity contribution is 5.94. The van der Waals surface area contributed by atoms with E-state index >= 15 is 0 Å². The van der Waals surface area contributed by atoms with Crippen LogP contribution in [0.3, 0.4) is 0 Å². The van der Waals surface area contributed by atoms with Crippen LogP contribution in [0, 0.1) is 6.92 Å². The summed E-state index contributed by atoms with van der Waals surface area (Å²) in [5.74, 6) is 0.221. The van der Waals surface area contributed by atoms with Gasteiger partial charge in [-0.2, -0.15) is 0 Å². The number of rotatable bonds is 5. The highest BCUT2D eigenvalue weighted by atomic mass is 16.5. The summed E-state index contributed by atoms with van der Waals surface area (Å²) in [5, 5.41) is 0. The summed E-state index contributed by atoms with van der Waals surface area (Å²) in [6, 6.07) is 11.8. The molecular formula is C25H31N5O3. The van der Waals surface area contributed by atoms with Crippen LogP contribution in [0.1, 0.15) is 28.2 Å². The summed E-state index contributed by atoms with van der Waals surface area (Å²) >= 11 is 0. The van der Waals surface area contributed by atoms with Gasteiger partial charge < -0.3 is 19.4 Å². The van der Waals surface area contributed by atoms with Crippen molar-refractivity contribution in [3.05, 3.63) is 65.5 Å². The maximum absolute atomic E-state index is 13.6. The maximum Gasteiger partial charge on any atom is 0.272 e. The highest BCUT2D eigenvalue weighted by Gasteiger charge is 2.47. The Morgan fingerprint density at radius 1 is 1.18 bits per heavy atom. The van der Waals surface area contributed by atoms with Gasteiger partial charge in [0.15, 0.2) is 5.60 Å². The largest absolute Gasteiger partial charge is 0.361 e. The molecule has 0 saturated carbocycles. The summed E-state index contributed by atoms with van der Waals surface area (Å²) in [6.07, 6.45) is 5.22. The van der Waals surface area contributed by atoms with Crippen molar-refractivity contribution in [3.63, 3.8) is 0 Å². The molecule has 2 aliphatic rings. The van der Waals surface area contributed by atoms with Gasteiger partial charge in [0.2, 0.25) is 5.95 Å². The first-order valence-corrected chi connectivity index (χ1v) is 11.3. The standard InChI is InChI=1S/C25H31N5O3/c1-19-17-21(27-24(26-19)28(2)3)22(31)30-15-16-33-25(18-30)12-7-8-13-29(23(25)32)14-11-20-9-5-4-6-10-20/h4-10,17H,11-16,18H2,1-3H3. The normalized spacial score (nSPS) is 20.8. The van der Waals surface area contributed by atoms with E-state index in [-0.39, 0.29) is 18.4 Å². The molecule has 174 valence electrons. The Kier molecular flexibility index (Phi) is 6.74. The molecule has 8 nitrogen and oxygen atoms in total. The molecule has 2 amide bonds. The summed E-state index contributed by atoms with van der Waals surface area (Å²) in [7, 11) is 3.68. The number of morpholine rings is 1. The Morgan fingerprint density at radius 3 is 2.73 bits per heavy atom. The number of ether oxygens (including phenoxy) is 1. The molecule has 33 heavy (non-hydrogen) atoms. The molecule has 1 unspecified atom stereocenters. The molecule has 1 aromatic carbocycles. The molecule has 2 aromatic rings. The lowest BCUT2D eigenvalue weighted by Crippen LogP contribution is -2.61. The van der Waals surface area contributed by atoms with Crippen LogP contribution < -0.4 is 4.90 Å². The summed E-state index contributed by atoms with van der Waals surface area (Å²) < 4.78 is 6.11. The fourth-order valence-electron chi connectivity index (χ4n) is 4.27. The average molecular weight is 450 g/mol. The smallest absolute Gasteiger partial charge is 0.272 e. The van der Waals surface area contributed by atoms with Crippen molar-refractivity contribution in [1.82, 2.24) is 19.8 Å². The van der Waals surface area contributed by atoms with Gasteiger partial charge in [-0.15, -0.1) is 0 Å². The van der Waals surface area contributed by atoms with Gasteiger partial charge in [-0.05, 0) is 25.0 Å². The van der Waals surface area contributed by atoms with Crippen LogP contribution in [0.25, 0.3) is 0 Å². The van der Waals surface area contributed by atoms with Gasteiger partial charge in [0.05, 0.1) is 13.2 Å². The van der Waals surface area contributed by atoms with E-state index in [4.69, 9.17) is 4.74 Å². The number of carbonyl (C=O) groups excluding carboxylic acids is 2. The number of hydrogen-bond donors (Lipinski definition) is 0. The Morgan fingerprint density at radius 2 is 1.97 bits per heavy atom. The third kappa shape index (κ3) is 5.06. The second-order valence-corrected chi connectivity index (χ2v) is 8.82. The van der Waals surface area contributed by atoms with Crippen molar-refractivity contribution in [2.24, 2.45) is 0 Å². The number of hydrogen-bond acceptors (Lipinski definition) is 6. The van der Waals surface area contributed by atoms with E-state index in [0.717, 1.165) is 12.1 Å². The number of aryl methyl sites for hydroxylation is 1. The third-order valence-electron chi connectivity index (χ3n) is 6.06. The average Bonchev–Trinajstić information content (AvgIpc) is 2.96. The highest BCUT2D eigenvalue weighted by Crippen LogP contribution is 2.28. The SMILES string of the molecule is Cc1cc(C(=O)N2CCOC3(CC=CCN(CCc4ccccc4)C3=O)C2)nc(N(C)C)n1. The predicted octanol–water partition coefficient (Wildman–Crippen LogP) is 2.09. The molecule has 0 aliphatic carbocycles. The number of aromatic nitrogens is 2. The number of anilines is 1. The lowest BCUT2D eigenvalue weighted by Gasteiger charge is -2.42. The monoisotopic (exact) mass is 449 g/mol. The number of amides is 2. The third-order valence-corrected chi connectivity index (χ3v) is 6.06. The van der Waals surface area contributed by atoms with Gasteiger partial charge in [0.25, 0.3) is 11.8 Å². The van der Waals surface area contributed by atoms with E-state index in [9.17, 15) is 9.59 Å². The van der Waals surface area contributed by atoms with Gasteiger partial charge in [0.1, 0.15) is 5.69 Å². The van der Waals surface area contributed by atoms with Crippen LogP contribution in [0.15, 0.2) is 48.6 Å². The summed E-state index contributed by atoms with van der Waals surface area (Å²) in [4.78, 5) is 41.1. The number of carbonyl (C=O) groups is 2. The Labute approximate surface area is 194 Å². The van der Waals surface area contributed by atoms with E-state index < -0.39 is 5.60 Å². The minimum atomic E-state index is -1.07. The van der Waals surface area contributed by atoms with E-state index in [2.05, 4.69) is 22.1 Å². The lowest BCUT2D eigenvalue weighted by molar-refractivity contribution is -0.166. The van der Waals surface area contributed by atoms with E-state index in [0.29, 0.717) is 44.3 Å². The molecule has 8 heteroatoms. The number of nitrogens with zero attached hydrogens (tertiary/aromatic N) is 5. The zero-order valence-electron chi connectivity index (χ0n) is 19.5. The molecule has 1 spiro atoms. The minimum absolute atomic E-state index is 0.0613. The second-order valence-electron chi connectivity index (χ2n) is 8.82. The van der Waals surface area contributed by atoms with Gasteiger partial charge in [0, 0.05) is 45.8 Å². The van der Waals surface area contributed by atoms with Crippen LogP contribution in [-0.4, -0.2) is 84.1 Å². The first kappa shape index (κ1) is 22.9. The van der Waals surface area contributed by atoms with E-state index in [1.807, 2.05) is 56.3 Å². The summed E-state index contributed by atoms with van der Waals surface area (Å²) in [6.45, 7) is 3.92. The molecular weight excluding hydrogens is 418 g/mol. The molecule has 0 radical (unpaired) electrons. The molecule has 2 aliphatic heterocycles. The van der Waals surface area contributed by atoms with Gasteiger partial charge in [-0.25, -0.2) is 9.97 Å². The zero-order valence-corrected chi connectivity index (χ0v) is 19.5. The van der Waals surface area contributed by atoms with Crippen LogP contribution in [0.4, 0.5) is 5.95 Å². The second kappa shape index (κ2) is 9.70. The van der Waals surface area contributed by atoms with Gasteiger partial charge >= 0.3 is 0 Å². The molecule has 0 bridgehead atoms. The number of benzene rings is 1. The molecule has 4 rings (SSSR count). The Bertz CT molecular complexity index is 1040. The molecule has 1 aromatic heterocycles. The first-order chi connectivity index (χ1) is 15.9. The lowest BCUT2D eigenvalue weighted by atomic mass is 9.95. The van der Waals surface area contributed by atoms with Crippen molar-refractivity contribution >= 4 is 17.8 Å². The minimum Gasteiger partial charge on any atom is -0.361 e. The molecule has 1 fully saturated rings. The van der Waals surface area contributed by atoms with Crippen molar-refractivity contribution in [2.45, 2.75) is 25.4 Å². The quantitative estimate of drug-likeness (QED) is 0.651. The fraction of sp³-hybridized carbons (Fsp3) is 0.440. The summed E-state index contributed by atoms with van der Waals surface area (Å²) in [5.41, 5.74) is 1.18. The maximum atomic E-state index is 13.6. The first-order valence-electron chi connectivity index (χ1n) is 11.3. The molecule has 1 saturated heterocycles. The van der Waals surface area contributed by atoms with Crippen molar-refractivity contribution in [2.75, 3.05) is 51.8 Å². The fourth-order valence-corrected chi connectivity index (χ4v) is 4.27. The van der Waals surface area contributed by atoms with Crippen LogP contribution in [0.2, 0.25) is 0 Å². The Hall–Kier alpha value is -3.26. The molecule has 1 atom stereocenters. The van der Waals surface area contributed by atoms with E-state index in [1.165, 1.54) is 5.56 Å².